The molecule has 1 saturated heterocycles. The lowest BCUT2D eigenvalue weighted by Crippen LogP contribution is -2.23. The van der Waals surface area contributed by atoms with E-state index in [-0.39, 0.29) is 11.5 Å². The summed E-state index contributed by atoms with van der Waals surface area (Å²) < 4.78 is 27.6. The fraction of sp³-hybridized carbons (Fsp3) is 0.316. The maximum Gasteiger partial charge on any atom is 0.222 e. The minimum absolute atomic E-state index is 0.0317. The van der Waals surface area contributed by atoms with Crippen molar-refractivity contribution in [1.29, 1.82) is 0 Å². The number of halogens is 2. The summed E-state index contributed by atoms with van der Waals surface area (Å²) in [5.74, 6) is -0.917. The van der Waals surface area contributed by atoms with Crippen LogP contribution in [-0.4, -0.2) is 17.4 Å². The predicted octanol–water partition coefficient (Wildman–Crippen LogP) is 4.26. The molecule has 1 aliphatic heterocycles. The molecule has 1 atom stereocenters. The van der Waals surface area contributed by atoms with Crippen LogP contribution in [0, 0.1) is 11.6 Å². The third-order valence-electron chi connectivity index (χ3n) is 4.31. The second-order valence-electron chi connectivity index (χ2n) is 6.12. The van der Waals surface area contributed by atoms with Crippen molar-refractivity contribution in [3.05, 3.63) is 65.2 Å². The first-order chi connectivity index (χ1) is 11.5. The van der Waals surface area contributed by atoms with Gasteiger partial charge in [-0.05, 0) is 43.2 Å². The summed E-state index contributed by atoms with van der Waals surface area (Å²) in [4.78, 5) is 13.5. The summed E-state index contributed by atoms with van der Waals surface area (Å²) in [7, 11) is 0. The predicted molar refractivity (Wildman–Crippen MR) is 89.5 cm³/mol. The van der Waals surface area contributed by atoms with Gasteiger partial charge in [0.15, 0.2) is 0 Å². The van der Waals surface area contributed by atoms with Gasteiger partial charge < -0.3 is 10.2 Å². The van der Waals surface area contributed by atoms with E-state index in [1.54, 1.807) is 6.92 Å². The van der Waals surface area contributed by atoms with E-state index in [2.05, 4.69) is 5.32 Å². The number of likely N-dealkylation sites (tertiary alicyclic amines) is 1. The summed E-state index contributed by atoms with van der Waals surface area (Å²) in [6.07, 6.45) is 1.55. The summed E-state index contributed by atoms with van der Waals surface area (Å²) >= 11 is 0. The second-order valence-corrected chi connectivity index (χ2v) is 6.12. The molecule has 0 aliphatic carbocycles. The molecule has 0 radical (unpaired) electrons. The summed E-state index contributed by atoms with van der Waals surface area (Å²) in [6, 6.07) is 11.0. The van der Waals surface area contributed by atoms with Crippen molar-refractivity contribution in [2.45, 2.75) is 32.4 Å². The lowest BCUT2D eigenvalue weighted by molar-refractivity contribution is -0.128. The van der Waals surface area contributed by atoms with Crippen LogP contribution in [0.15, 0.2) is 42.5 Å². The van der Waals surface area contributed by atoms with Gasteiger partial charge in [0.2, 0.25) is 5.91 Å². The minimum Gasteiger partial charge on any atom is -0.378 e. The molecule has 1 aliphatic rings. The Labute approximate surface area is 140 Å². The number of nitrogens with zero attached hydrogens (tertiary/aromatic N) is 1. The van der Waals surface area contributed by atoms with Crippen molar-refractivity contribution in [3.63, 3.8) is 0 Å². The van der Waals surface area contributed by atoms with Crippen LogP contribution in [0.4, 0.5) is 14.5 Å². The van der Waals surface area contributed by atoms with E-state index in [0.717, 1.165) is 24.2 Å². The summed E-state index contributed by atoms with van der Waals surface area (Å²) in [6.45, 7) is 3.14. The van der Waals surface area contributed by atoms with Gasteiger partial charge in [0.1, 0.15) is 11.6 Å². The molecule has 0 unspecified atom stereocenters. The van der Waals surface area contributed by atoms with E-state index in [9.17, 15) is 13.6 Å². The van der Waals surface area contributed by atoms with Gasteiger partial charge in [-0.3, -0.25) is 4.79 Å². The number of anilines is 1. The Hall–Kier alpha value is -2.43. The van der Waals surface area contributed by atoms with Crippen LogP contribution in [-0.2, 0) is 11.3 Å². The number of rotatable bonds is 5. The Morgan fingerprint density at radius 2 is 1.79 bits per heavy atom. The first kappa shape index (κ1) is 16.4. The standard InChI is InChI=1S/C19H20F2N2O/c1-13(19-16(20)4-2-5-17(19)21)22-15-9-7-14(8-10-15)12-23-11-3-6-18(23)24/h2,4-5,7-10,13,22H,3,6,11-12H2,1H3/t13-/m0/s1. The van der Waals surface area contributed by atoms with Gasteiger partial charge in [-0.15, -0.1) is 0 Å². The number of amides is 1. The maximum atomic E-state index is 13.8. The highest BCUT2D eigenvalue weighted by Gasteiger charge is 2.20. The highest BCUT2D eigenvalue weighted by molar-refractivity contribution is 5.78. The molecule has 1 fully saturated rings. The number of hydrogen-bond donors (Lipinski definition) is 1. The zero-order valence-electron chi connectivity index (χ0n) is 13.6. The van der Waals surface area contributed by atoms with Gasteiger partial charge >= 0.3 is 0 Å². The maximum absolute atomic E-state index is 13.8. The van der Waals surface area contributed by atoms with E-state index < -0.39 is 17.7 Å². The fourth-order valence-electron chi connectivity index (χ4n) is 3.04. The average Bonchev–Trinajstić information content (AvgIpc) is 2.94. The van der Waals surface area contributed by atoms with Crippen molar-refractivity contribution >= 4 is 11.6 Å². The topological polar surface area (TPSA) is 32.3 Å². The summed E-state index contributed by atoms with van der Waals surface area (Å²) in [5.41, 5.74) is 1.85. The normalized spacial score (nSPS) is 15.6. The number of benzene rings is 2. The van der Waals surface area contributed by atoms with Crippen LogP contribution in [0.2, 0.25) is 0 Å². The van der Waals surface area contributed by atoms with Crippen molar-refractivity contribution in [2.24, 2.45) is 0 Å². The van der Waals surface area contributed by atoms with E-state index in [0.29, 0.717) is 13.0 Å². The zero-order valence-corrected chi connectivity index (χ0v) is 13.6. The van der Waals surface area contributed by atoms with Gasteiger partial charge in [0.25, 0.3) is 0 Å². The lowest BCUT2D eigenvalue weighted by atomic mass is 10.1. The fourth-order valence-corrected chi connectivity index (χ4v) is 3.04. The third-order valence-corrected chi connectivity index (χ3v) is 4.31. The Morgan fingerprint density at radius 3 is 2.38 bits per heavy atom. The van der Waals surface area contributed by atoms with Crippen LogP contribution in [0.3, 0.4) is 0 Å². The van der Waals surface area contributed by atoms with Crippen molar-refractivity contribution in [2.75, 3.05) is 11.9 Å². The molecule has 3 nitrogen and oxygen atoms in total. The molecular weight excluding hydrogens is 310 g/mol. The third kappa shape index (κ3) is 3.55. The summed E-state index contributed by atoms with van der Waals surface area (Å²) in [5, 5.41) is 3.11. The molecule has 0 bridgehead atoms. The van der Waals surface area contributed by atoms with Crippen LogP contribution in [0.25, 0.3) is 0 Å². The largest absolute Gasteiger partial charge is 0.378 e. The second kappa shape index (κ2) is 6.99. The smallest absolute Gasteiger partial charge is 0.222 e. The van der Waals surface area contributed by atoms with E-state index >= 15 is 0 Å². The monoisotopic (exact) mass is 330 g/mol. The van der Waals surface area contributed by atoms with Crippen molar-refractivity contribution in [3.8, 4) is 0 Å². The molecular formula is C19H20F2N2O. The van der Waals surface area contributed by atoms with Crippen molar-refractivity contribution in [1.82, 2.24) is 4.90 Å². The molecule has 1 heterocycles. The number of hydrogen-bond acceptors (Lipinski definition) is 2. The quantitative estimate of drug-likeness (QED) is 0.888. The Bertz CT molecular complexity index is 710. The number of carbonyl (C=O) groups is 1. The number of nitrogens with one attached hydrogen (secondary N) is 1. The molecule has 1 N–H and O–H groups in total. The highest BCUT2D eigenvalue weighted by Crippen LogP contribution is 2.25. The van der Waals surface area contributed by atoms with Crippen LogP contribution in [0.1, 0.15) is 36.9 Å². The first-order valence-electron chi connectivity index (χ1n) is 8.12. The SMILES string of the molecule is C[C@H](Nc1ccc(CN2CCCC2=O)cc1)c1c(F)cccc1F. The Balaban J connectivity index is 1.66. The molecule has 2 aromatic carbocycles. The molecule has 126 valence electrons. The Morgan fingerprint density at radius 1 is 1.12 bits per heavy atom. The first-order valence-corrected chi connectivity index (χ1v) is 8.12. The molecule has 5 heteroatoms. The lowest BCUT2D eigenvalue weighted by Gasteiger charge is -2.18. The molecule has 24 heavy (non-hydrogen) atoms. The van der Waals surface area contributed by atoms with Gasteiger partial charge in [-0.1, -0.05) is 18.2 Å². The van der Waals surface area contributed by atoms with Crippen molar-refractivity contribution < 1.29 is 13.6 Å². The zero-order chi connectivity index (χ0) is 17.1. The highest BCUT2D eigenvalue weighted by atomic mass is 19.1. The molecule has 0 saturated carbocycles. The molecule has 3 rings (SSSR count). The van der Waals surface area contributed by atoms with Gasteiger partial charge in [-0.2, -0.15) is 0 Å². The van der Waals surface area contributed by atoms with E-state index in [4.69, 9.17) is 0 Å². The van der Waals surface area contributed by atoms with Crippen LogP contribution >= 0.6 is 0 Å². The molecule has 1 amide bonds. The molecule has 2 aromatic rings. The van der Waals surface area contributed by atoms with E-state index in [1.165, 1.54) is 18.2 Å². The molecule has 0 spiro atoms. The molecule has 0 aromatic heterocycles. The Kier molecular flexibility index (Phi) is 4.79. The number of carbonyl (C=O) groups excluding carboxylic acids is 1. The van der Waals surface area contributed by atoms with Crippen LogP contribution in [0.5, 0.6) is 0 Å². The van der Waals surface area contributed by atoms with Gasteiger partial charge in [-0.25, -0.2) is 8.78 Å². The van der Waals surface area contributed by atoms with E-state index in [1.807, 2.05) is 29.2 Å². The van der Waals surface area contributed by atoms with Gasteiger partial charge in [0, 0.05) is 30.8 Å². The minimum atomic E-state index is -0.556. The van der Waals surface area contributed by atoms with Crippen LogP contribution < -0.4 is 5.32 Å². The average molecular weight is 330 g/mol. The van der Waals surface area contributed by atoms with Gasteiger partial charge in [0.05, 0.1) is 6.04 Å².